The molecule has 1 aliphatic rings. The minimum Gasteiger partial charge on any atom is -0.384 e. The number of carbonyl (C=O) groups excluding carboxylic acids is 2. The molecule has 0 saturated carbocycles. The number of rotatable bonds is 4. The average Bonchev–Trinajstić information content (AvgIpc) is 3.33. The molecule has 0 aliphatic carbocycles. The number of nitrogen functional groups attached to an aromatic ring is 1. The number of nitrogens with two attached hydrogens (primary N) is 1. The molecule has 2 amide bonds. The van der Waals surface area contributed by atoms with E-state index < -0.39 is 35.6 Å². The quantitative estimate of drug-likeness (QED) is 0.419. The molecule has 0 spiro atoms. The first-order valence-electron chi connectivity index (χ1n) is 11.5. The van der Waals surface area contributed by atoms with Crippen LogP contribution in [0.5, 0.6) is 0 Å². The van der Waals surface area contributed by atoms with E-state index in [0.29, 0.717) is 24.2 Å². The van der Waals surface area contributed by atoms with E-state index in [1.54, 1.807) is 30.1 Å². The van der Waals surface area contributed by atoms with Crippen LogP contribution in [0.3, 0.4) is 0 Å². The molecule has 13 heteroatoms. The summed E-state index contributed by atoms with van der Waals surface area (Å²) in [6, 6.07) is 14.4. The summed E-state index contributed by atoms with van der Waals surface area (Å²) in [5.74, 6) is -0.842. The number of anilines is 2. The predicted octanol–water partition coefficient (Wildman–Crippen LogP) is 3.05. The van der Waals surface area contributed by atoms with Gasteiger partial charge in [-0.2, -0.15) is 18.3 Å². The van der Waals surface area contributed by atoms with Crippen LogP contribution >= 0.6 is 0 Å². The Labute approximate surface area is 215 Å². The van der Waals surface area contributed by atoms with Gasteiger partial charge in [-0.05, 0) is 37.3 Å². The second-order valence-corrected chi connectivity index (χ2v) is 8.07. The maximum absolute atomic E-state index is 13.0. The molecule has 196 valence electrons. The molecule has 0 radical (unpaired) electrons. The van der Waals surface area contributed by atoms with Gasteiger partial charge in [-0.25, -0.2) is 19.6 Å². The van der Waals surface area contributed by atoms with E-state index in [1.165, 1.54) is 4.90 Å². The van der Waals surface area contributed by atoms with Crippen LogP contribution in [-0.2, 0) is 17.4 Å². The Kier molecular flexibility index (Phi) is 7.65. The number of amides is 2. The third kappa shape index (κ3) is 5.77. The minimum absolute atomic E-state index is 0.141. The Morgan fingerprint density at radius 1 is 1.08 bits per heavy atom. The van der Waals surface area contributed by atoms with Crippen LogP contribution in [0, 0.1) is 0 Å². The number of alkyl halides is 3. The molecule has 1 aromatic carbocycles. The summed E-state index contributed by atoms with van der Waals surface area (Å²) in [4.78, 5) is 37.6. The van der Waals surface area contributed by atoms with E-state index in [-0.39, 0.29) is 6.42 Å². The number of nitrogens with one attached hydrogen (secondary N) is 1. The lowest BCUT2D eigenvalue weighted by Gasteiger charge is -2.32. The Morgan fingerprint density at radius 2 is 1.82 bits per heavy atom. The Balaban J connectivity index is 0.000000417. The second kappa shape index (κ2) is 11.1. The molecule has 0 saturated heterocycles. The Morgan fingerprint density at radius 3 is 2.42 bits per heavy atom. The van der Waals surface area contributed by atoms with Gasteiger partial charge in [0, 0.05) is 30.9 Å². The molecule has 5 rings (SSSR count). The van der Waals surface area contributed by atoms with Gasteiger partial charge in [0.15, 0.2) is 0 Å². The fourth-order valence-electron chi connectivity index (χ4n) is 3.81. The van der Waals surface area contributed by atoms with Gasteiger partial charge in [0.1, 0.15) is 23.4 Å². The Hall–Kier alpha value is -4.81. The number of hydrogen-bond donors (Lipinski definition) is 2. The summed E-state index contributed by atoms with van der Waals surface area (Å²) in [5.41, 5.74) is 5.51. The van der Waals surface area contributed by atoms with Crippen molar-refractivity contribution in [3.63, 3.8) is 0 Å². The van der Waals surface area contributed by atoms with Crippen LogP contribution in [0.15, 0.2) is 73.2 Å². The molecule has 0 fully saturated rings. The summed E-state index contributed by atoms with van der Waals surface area (Å²) in [5, 5.41) is 6.83. The maximum Gasteiger partial charge on any atom is 0.433 e. The second-order valence-electron chi connectivity index (χ2n) is 8.07. The largest absolute Gasteiger partial charge is 0.433 e. The van der Waals surface area contributed by atoms with Gasteiger partial charge in [0.25, 0.3) is 11.8 Å². The van der Waals surface area contributed by atoms with E-state index in [2.05, 4.69) is 25.4 Å². The van der Waals surface area contributed by atoms with Crippen molar-refractivity contribution in [1.29, 1.82) is 0 Å². The number of para-hydroxylation sites is 1. The van der Waals surface area contributed by atoms with Crippen molar-refractivity contribution in [2.75, 3.05) is 17.2 Å². The van der Waals surface area contributed by atoms with Crippen LogP contribution in [0.1, 0.15) is 28.8 Å². The fourth-order valence-corrected chi connectivity index (χ4v) is 3.81. The van der Waals surface area contributed by atoms with Gasteiger partial charge in [0.05, 0.1) is 11.9 Å². The highest BCUT2D eigenvalue weighted by Gasteiger charge is 2.37. The smallest absolute Gasteiger partial charge is 0.384 e. The number of benzene rings is 1. The third-order valence-corrected chi connectivity index (χ3v) is 5.52. The molecule has 1 unspecified atom stereocenters. The number of nitrogens with zero attached hydrogens (tertiary/aromatic N) is 6. The first-order chi connectivity index (χ1) is 18.2. The third-order valence-electron chi connectivity index (χ3n) is 5.52. The molecule has 1 atom stereocenters. The molecular formula is C25H23F3N8O2. The standard InChI is InChI=1S/C20H17F3N6O2.C5H6N2/c1-2-28-18-12(11-25-29(18)13-6-4-3-5-7-13)10-14(19(28)31)26-17(30)16-24-9-8-15(27-16)20(21,22)23;6-5-3-1-2-4-7-5/h3-9,11,14H,2,10H2,1H3,(H,26,30);1-4H,(H2,6,7). The van der Waals surface area contributed by atoms with Gasteiger partial charge >= 0.3 is 6.18 Å². The molecule has 10 nitrogen and oxygen atoms in total. The van der Waals surface area contributed by atoms with Crippen molar-refractivity contribution in [1.82, 2.24) is 30.0 Å². The number of aromatic nitrogens is 5. The minimum atomic E-state index is -4.71. The van der Waals surface area contributed by atoms with Crippen LogP contribution < -0.4 is 16.0 Å². The zero-order chi connectivity index (χ0) is 27.3. The zero-order valence-electron chi connectivity index (χ0n) is 20.1. The fraction of sp³-hybridized carbons (Fsp3) is 0.200. The van der Waals surface area contributed by atoms with Gasteiger partial charge in [0.2, 0.25) is 5.82 Å². The number of pyridine rings is 1. The molecule has 3 aromatic heterocycles. The molecule has 3 N–H and O–H groups in total. The lowest BCUT2D eigenvalue weighted by Crippen LogP contribution is -2.53. The van der Waals surface area contributed by atoms with Gasteiger partial charge < -0.3 is 11.1 Å². The van der Waals surface area contributed by atoms with Crippen LogP contribution in [0.2, 0.25) is 0 Å². The molecule has 4 heterocycles. The average molecular weight is 525 g/mol. The summed E-state index contributed by atoms with van der Waals surface area (Å²) < 4.78 is 40.2. The highest BCUT2D eigenvalue weighted by Crippen LogP contribution is 2.30. The van der Waals surface area contributed by atoms with Crippen LogP contribution in [-0.4, -0.2) is 49.1 Å². The van der Waals surface area contributed by atoms with E-state index in [4.69, 9.17) is 5.73 Å². The van der Waals surface area contributed by atoms with E-state index in [9.17, 15) is 22.8 Å². The van der Waals surface area contributed by atoms with Gasteiger partial charge in [-0.3, -0.25) is 14.5 Å². The van der Waals surface area contributed by atoms with Crippen molar-refractivity contribution in [2.24, 2.45) is 0 Å². The van der Waals surface area contributed by atoms with Crippen molar-refractivity contribution >= 4 is 23.5 Å². The zero-order valence-corrected chi connectivity index (χ0v) is 20.1. The predicted molar refractivity (Wildman–Crippen MR) is 132 cm³/mol. The van der Waals surface area contributed by atoms with Crippen molar-refractivity contribution in [2.45, 2.75) is 25.6 Å². The van der Waals surface area contributed by atoms with Gasteiger partial charge in [-0.15, -0.1) is 0 Å². The first-order valence-corrected chi connectivity index (χ1v) is 11.5. The highest BCUT2D eigenvalue weighted by molar-refractivity contribution is 6.03. The summed E-state index contributed by atoms with van der Waals surface area (Å²) in [7, 11) is 0. The molecule has 4 aromatic rings. The lowest BCUT2D eigenvalue weighted by atomic mass is 10.0. The summed E-state index contributed by atoms with van der Waals surface area (Å²) in [6.07, 6.45) is -0.443. The molecule has 38 heavy (non-hydrogen) atoms. The van der Waals surface area contributed by atoms with Gasteiger partial charge in [-0.1, -0.05) is 24.3 Å². The topological polar surface area (TPSA) is 132 Å². The Bertz CT molecular complexity index is 1410. The van der Waals surface area contributed by atoms with Crippen molar-refractivity contribution in [3.05, 3.63) is 90.3 Å². The highest BCUT2D eigenvalue weighted by atomic mass is 19.4. The van der Waals surface area contributed by atoms with E-state index in [1.807, 2.05) is 42.5 Å². The van der Waals surface area contributed by atoms with E-state index in [0.717, 1.165) is 17.4 Å². The monoisotopic (exact) mass is 524 g/mol. The van der Waals surface area contributed by atoms with Crippen LogP contribution in [0.25, 0.3) is 5.69 Å². The number of hydrogen-bond acceptors (Lipinski definition) is 7. The summed E-state index contributed by atoms with van der Waals surface area (Å²) >= 11 is 0. The normalized spacial score (nSPS) is 14.8. The SMILES string of the molecule is CCN1C(=O)C(NC(=O)c2nccc(C(F)(F)F)n2)Cc2cnn(-c3ccccc3)c21.Nc1ccccn1. The van der Waals surface area contributed by atoms with E-state index >= 15 is 0 Å². The lowest BCUT2D eigenvalue weighted by molar-refractivity contribution is -0.141. The number of carbonyl (C=O) groups is 2. The number of likely N-dealkylation sites (N-methyl/N-ethyl adjacent to an activating group) is 1. The number of fused-ring (bicyclic) bond motifs is 1. The molecular weight excluding hydrogens is 501 g/mol. The van der Waals surface area contributed by atoms with Crippen molar-refractivity contribution < 1.29 is 22.8 Å². The first kappa shape index (κ1) is 26.3. The number of halogens is 3. The van der Waals surface area contributed by atoms with Crippen LogP contribution in [0.4, 0.5) is 24.8 Å². The molecule has 0 bridgehead atoms. The summed E-state index contributed by atoms with van der Waals surface area (Å²) in [6.45, 7) is 2.10. The molecule has 1 aliphatic heterocycles. The maximum atomic E-state index is 13.0. The van der Waals surface area contributed by atoms with Crippen molar-refractivity contribution in [3.8, 4) is 5.69 Å².